The van der Waals surface area contributed by atoms with E-state index in [-0.39, 0.29) is 5.54 Å². The van der Waals surface area contributed by atoms with E-state index < -0.39 is 0 Å². The van der Waals surface area contributed by atoms with Crippen LogP contribution in [-0.4, -0.2) is 74.4 Å². The average Bonchev–Trinajstić information content (AvgIpc) is 2.66. The van der Waals surface area contributed by atoms with Crippen LogP contribution in [0.25, 0.3) is 0 Å². The summed E-state index contributed by atoms with van der Waals surface area (Å²) in [5, 5.41) is 3.75. The lowest BCUT2D eigenvalue weighted by atomic mass is 9.97. The zero-order chi connectivity index (χ0) is 13.2. The molecule has 0 aromatic heterocycles. The summed E-state index contributed by atoms with van der Waals surface area (Å²) >= 11 is 0. The molecule has 0 amide bonds. The van der Waals surface area contributed by atoms with Gasteiger partial charge in [-0.05, 0) is 40.8 Å². The van der Waals surface area contributed by atoms with E-state index in [0.29, 0.717) is 12.1 Å². The molecule has 2 aliphatic rings. The SMILES string of the molecule is CN(C)CC1CN(CC2CCCO2)CC(C)(C)N1. The third-order valence-electron chi connectivity index (χ3n) is 3.76. The number of hydrogen-bond acceptors (Lipinski definition) is 4. The van der Waals surface area contributed by atoms with E-state index in [4.69, 9.17) is 4.74 Å². The van der Waals surface area contributed by atoms with E-state index in [9.17, 15) is 0 Å². The van der Waals surface area contributed by atoms with Crippen LogP contribution < -0.4 is 5.32 Å². The Hall–Kier alpha value is -0.160. The van der Waals surface area contributed by atoms with Crippen LogP contribution >= 0.6 is 0 Å². The highest BCUT2D eigenvalue weighted by molar-refractivity contribution is 4.94. The van der Waals surface area contributed by atoms with Crippen molar-refractivity contribution in [3.05, 3.63) is 0 Å². The van der Waals surface area contributed by atoms with Gasteiger partial charge >= 0.3 is 0 Å². The van der Waals surface area contributed by atoms with Crippen LogP contribution in [0.2, 0.25) is 0 Å². The molecule has 0 saturated carbocycles. The second-order valence-electron chi connectivity index (χ2n) is 6.82. The molecule has 0 aliphatic carbocycles. The quantitative estimate of drug-likeness (QED) is 0.803. The van der Waals surface area contributed by atoms with Gasteiger partial charge in [-0.3, -0.25) is 4.90 Å². The highest BCUT2D eigenvalue weighted by atomic mass is 16.5. The zero-order valence-electron chi connectivity index (χ0n) is 12.4. The van der Waals surface area contributed by atoms with Crippen molar-refractivity contribution in [3.8, 4) is 0 Å². The number of nitrogens with zero attached hydrogens (tertiary/aromatic N) is 2. The summed E-state index contributed by atoms with van der Waals surface area (Å²) in [6, 6.07) is 0.560. The van der Waals surface area contributed by atoms with Gasteiger partial charge in [0, 0.05) is 44.4 Å². The standard InChI is InChI=1S/C14H29N3O/c1-14(2)11-17(10-13-6-5-7-18-13)9-12(15-14)8-16(3)4/h12-13,15H,5-11H2,1-4H3. The minimum atomic E-state index is 0.206. The Labute approximate surface area is 112 Å². The molecule has 106 valence electrons. The van der Waals surface area contributed by atoms with Crippen molar-refractivity contribution >= 4 is 0 Å². The summed E-state index contributed by atoms with van der Waals surface area (Å²) in [6.45, 7) is 10.0. The highest BCUT2D eigenvalue weighted by Gasteiger charge is 2.33. The van der Waals surface area contributed by atoms with Crippen molar-refractivity contribution in [2.45, 2.75) is 44.4 Å². The molecule has 0 bridgehead atoms. The van der Waals surface area contributed by atoms with Crippen molar-refractivity contribution in [3.63, 3.8) is 0 Å². The van der Waals surface area contributed by atoms with Gasteiger partial charge in [0.2, 0.25) is 0 Å². The van der Waals surface area contributed by atoms with Gasteiger partial charge in [0.25, 0.3) is 0 Å². The van der Waals surface area contributed by atoms with Crippen LogP contribution in [0.3, 0.4) is 0 Å². The maximum absolute atomic E-state index is 5.77. The lowest BCUT2D eigenvalue weighted by Crippen LogP contribution is -2.64. The van der Waals surface area contributed by atoms with Crippen LogP contribution in [0.5, 0.6) is 0 Å². The summed E-state index contributed by atoms with van der Waals surface area (Å²) in [7, 11) is 4.29. The Balaban J connectivity index is 1.88. The molecule has 2 heterocycles. The molecular weight excluding hydrogens is 226 g/mol. The molecule has 2 aliphatic heterocycles. The third kappa shape index (κ3) is 4.19. The van der Waals surface area contributed by atoms with Gasteiger partial charge in [-0.1, -0.05) is 0 Å². The van der Waals surface area contributed by atoms with Crippen LogP contribution in [-0.2, 0) is 4.74 Å². The Morgan fingerprint density at radius 1 is 1.39 bits per heavy atom. The monoisotopic (exact) mass is 255 g/mol. The molecule has 2 atom stereocenters. The van der Waals surface area contributed by atoms with E-state index in [1.807, 2.05) is 0 Å². The van der Waals surface area contributed by atoms with Crippen molar-refractivity contribution < 1.29 is 4.74 Å². The van der Waals surface area contributed by atoms with Crippen LogP contribution in [0.4, 0.5) is 0 Å². The molecule has 2 rings (SSSR count). The maximum atomic E-state index is 5.77. The molecular formula is C14H29N3O. The number of likely N-dealkylation sites (N-methyl/N-ethyl adjacent to an activating group) is 1. The van der Waals surface area contributed by atoms with E-state index >= 15 is 0 Å². The summed E-state index contributed by atoms with van der Waals surface area (Å²) in [6.07, 6.45) is 2.95. The lowest BCUT2D eigenvalue weighted by molar-refractivity contribution is 0.0376. The summed E-state index contributed by atoms with van der Waals surface area (Å²) in [5.74, 6) is 0. The molecule has 2 fully saturated rings. The first-order valence-corrected chi connectivity index (χ1v) is 7.21. The first-order chi connectivity index (χ1) is 8.44. The van der Waals surface area contributed by atoms with Gasteiger partial charge in [0.05, 0.1) is 6.10 Å². The Bertz CT molecular complexity index is 262. The second kappa shape index (κ2) is 5.87. The van der Waals surface area contributed by atoms with Crippen LogP contribution in [0.15, 0.2) is 0 Å². The molecule has 0 aromatic rings. The molecule has 0 aromatic carbocycles. The van der Waals surface area contributed by atoms with Crippen molar-refractivity contribution in [2.24, 2.45) is 0 Å². The summed E-state index contributed by atoms with van der Waals surface area (Å²) in [4.78, 5) is 4.85. The van der Waals surface area contributed by atoms with Crippen LogP contribution in [0, 0.1) is 0 Å². The molecule has 2 saturated heterocycles. The van der Waals surface area contributed by atoms with E-state index in [2.05, 4.69) is 43.1 Å². The molecule has 0 spiro atoms. The predicted molar refractivity (Wildman–Crippen MR) is 75.0 cm³/mol. The van der Waals surface area contributed by atoms with Crippen molar-refractivity contribution in [1.82, 2.24) is 15.1 Å². The lowest BCUT2D eigenvalue weighted by Gasteiger charge is -2.45. The maximum Gasteiger partial charge on any atom is 0.0702 e. The minimum absolute atomic E-state index is 0.206. The van der Waals surface area contributed by atoms with E-state index in [1.54, 1.807) is 0 Å². The van der Waals surface area contributed by atoms with Gasteiger partial charge in [-0.25, -0.2) is 0 Å². The Kier molecular flexibility index (Phi) is 4.64. The second-order valence-corrected chi connectivity index (χ2v) is 6.82. The topological polar surface area (TPSA) is 27.7 Å². The number of rotatable bonds is 4. The molecule has 4 heteroatoms. The van der Waals surface area contributed by atoms with Gasteiger partial charge < -0.3 is 15.0 Å². The molecule has 0 radical (unpaired) electrons. The first kappa shape index (κ1) is 14.3. The first-order valence-electron chi connectivity index (χ1n) is 7.21. The fraction of sp³-hybridized carbons (Fsp3) is 1.00. The van der Waals surface area contributed by atoms with Gasteiger partial charge in [0.15, 0.2) is 0 Å². The smallest absolute Gasteiger partial charge is 0.0702 e. The summed E-state index contributed by atoms with van der Waals surface area (Å²) < 4.78 is 5.77. The van der Waals surface area contributed by atoms with Gasteiger partial charge in [0.1, 0.15) is 0 Å². The van der Waals surface area contributed by atoms with E-state index in [0.717, 1.165) is 32.8 Å². The fourth-order valence-corrected chi connectivity index (χ4v) is 3.34. The molecule has 18 heavy (non-hydrogen) atoms. The largest absolute Gasteiger partial charge is 0.377 e. The fourth-order valence-electron chi connectivity index (χ4n) is 3.34. The van der Waals surface area contributed by atoms with Gasteiger partial charge in [-0.15, -0.1) is 0 Å². The third-order valence-corrected chi connectivity index (χ3v) is 3.76. The number of ether oxygens (including phenoxy) is 1. The van der Waals surface area contributed by atoms with Crippen molar-refractivity contribution in [1.29, 1.82) is 0 Å². The van der Waals surface area contributed by atoms with Gasteiger partial charge in [-0.2, -0.15) is 0 Å². The number of hydrogen-bond donors (Lipinski definition) is 1. The molecule has 2 unspecified atom stereocenters. The Morgan fingerprint density at radius 3 is 2.78 bits per heavy atom. The highest BCUT2D eigenvalue weighted by Crippen LogP contribution is 2.18. The van der Waals surface area contributed by atoms with Crippen molar-refractivity contribution in [2.75, 3.05) is 46.9 Å². The predicted octanol–water partition coefficient (Wildman–Crippen LogP) is 0.779. The normalized spacial score (nSPS) is 33.2. The zero-order valence-corrected chi connectivity index (χ0v) is 12.4. The van der Waals surface area contributed by atoms with Crippen LogP contribution in [0.1, 0.15) is 26.7 Å². The molecule has 1 N–H and O–H groups in total. The summed E-state index contributed by atoms with van der Waals surface area (Å²) in [5.41, 5.74) is 0.206. The number of piperazine rings is 1. The minimum Gasteiger partial charge on any atom is -0.377 e. The van der Waals surface area contributed by atoms with E-state index in [1.165, 1.54) is 12.8 Å². The Morgan fingerprint density at radius 2 is 2.17 bits per heavy atom. The molecule has 4 nitrogen and oxygen atoms in total. The average molecular weight is 255 g/mol. The number of nitrogens with one attached hydrogen (secondary N) is 1.